The van der Waals surface area contributed by atoms with Crippen LogP contribution in [0.15, 0.2) is 47.4 Å². The molecule has 1 N–H and O–H groups in total. The van der Waals surface area contributed by atoms with Crippen LogP contribution in [-0.4, -0.2) is 43.8 Å². The lowest BCUT2D eigenvalue weighted by molar-refractivity contribution is -0.119. The van der Waals surface area contributed by atoms with Gasteiger partial charge in [-0.1, -0.05) is 18.0 Å². The molecule has 3 rings (SSSR count). The summed E-state index contributed by atoms with van der Waals surface area (Å²) in [6.45, 7) is 1.70. The molecule has 0 saturated carbocycles. The number of hydrogen-bond donors (Lipinski definition) is 1. The van der Waals surface area contributed by atoms with Crippen LogP contribution in [0.2, 0.25) is 5.02 Å². The second-order valence-electron chi connectivity index (χ2n) is 7.23. The minimum Gasteiger partial charge on any atom is -0.452 e. The van der Waals surface area contributed by atoms with E-state index in [2.05, 4.69) is 5.32 Å². The monoisotopic (exact) mass is 468 g/mol. The first-order valence-corrected chi connectivity index (χ1v) is 11.5. The second kappa shape index (κ2) is 9.76. The number of nitrogens with one attached hydrogen (secondary N) is 1. The van der Waals surface area contributed by atoms with Gasteiger partial charge in [0.25, 0.3) is 5.91 Å². The molecule has 1 unspecified atom stereocenters. The van der Waals surface area contributed by atoms with Crippen molar-refractivity contribution in [2.75, 3.05) is 18.5 Å². The predicted octanol–water partition coefficient (Wildman–Crippen LogP) is 3.84. The Balaban J connectivity index is 1.60. The number of anilines is 1. The summed E-state index contributed by atoms with van der Waals surface area (Å²) in [7, 11) is -3.65. The highest BCUT2D eigenvalue weighted by Crippen LogP contribution is 2.25. The van der Waals surface area contributed by atoms with Crippen molar-refractivity contribution in [3.63, 3.8) is 0 Å². The molecule has 1 heterocycles. The SMILES string of the molecule is CC1CCCCN1S(=O)(=O)c1ccc(C(=O)OCC(=O)Nc2cc(Cl)ccc2F)cc1. The molecule has 1 aliphatic rings. The average molecular weight is 469 g/mol. The van der Waals surface area contributed by atoms with E-state index in [1.165, 1.54) is 40.7 Å². The molecule has 1 fully saturated rings. The zero-order chi connectivity index (χ0) is 22.6. The number of carbonyl (C=O) groups excluding carboxylic acids is 2. The predicted molar refractivity (Wildman–Crippen MR) is 114 cm³/mol. The first kappa shape index (κ1) is 23.2. The number of benzene rings is 2. The van der Waals surface area contributed by atoms with E-state index in [1.54, 1.807) is 0 Å². The van der Waals surface area contributed by atoms with Crippen LogP contribution < -0.4 is 5.32 Å². The minimum atomic E-state index is -3.65. The lowest BCUT2D eigenvalue weighted by Gasteiger charge is -2.32. The molecule has 166 valence electrons. The van der Waals surface area contributed by atoms with Crippen LogP contribution in [0.4, 0.5) is 10.1 Å². The van der Waals surface area contributed by atoms with Crippen LogP contribution in [0.1, 0.15) is 36.5 Å². The van der Waals surface area contributed by atoms with Gasteiger partial charge in [-0.05, 0) is 62.2 Å². The fraction of sp³-hybridized carbons (Fsp3) is 0.333. The van der Waals surface area contributed by atoms with Gasteiger partial charge in [0.1, 0.15) is 5.82 Å². The van der Waals surface area contributed by atoms with Crippen molar-refractivity contribution in [3.05, 3.63) is 58.9 Å². The van der Waals surface area contributed by atoms with Crippen LogP contribution in [0.5, 0.6) is 0 Å². The molecule has 0 aliphatic carbocycles. The largest absolute Gasteiger partial charge is 0.452 e. The highest BCUT2D eigenvalue weighted by atomic mass is 35.5. The maximum absolute atomic E-state index is 13.7. The van der Waals surface area contributed by atoms with E-state index in [1.807, 2.05) is 6.92 Å². The number of nitrogens with zero attached hydrogens (tertiary/aromatic N) is 1. The number of halogens is 2. The Morgan fingerprint density at radius 1 is 1.19 bits per heavy atom. The van der Waals surface area contributed by atoms with E-state index >= 15 is 0 Å². The summed E-state index contributed by atoms with van der Waals surface area (Å²) in [5.74, 6) is -2.23. The van der Waals surface area contributed by atoms with Gasteiger partial charge in [0.15, 0.2) is 6.61 Å². The molecule has 1 saturated heterocycles. The number of ether oxygens (including phenoxy) is 1. The van der Waals surface area contributed by atoms with E-state index in [9.17, 15) is 22.4 Å². The zero-order valence-electron chi connectivity index (χ0n) is 16.8. The maximum Gasteiger partial charge on any atom is 0.338 e. The van der Waals surface area contributed by atoms with Crippen molar-refractivity contribution in [3.8, 4) is 0 Å². The zero-order valence-corrected chi connectivity index (χ0v) is 18.4. The van der Waals surface area contributed by atoms with Crippen LogP contribution in [0.3, 0.4) is 0 Å². The van der Waals surface area contributed by atoms with Gasteiger partial charge in [-0.2, -0.15) is 4.31 Å². The molecular formula is C21H22ClFN2O5S. The molecule has 1 aliphatic heterocycles. The van der Waals surface area contributed by atoms with Gasteiger partial charge in [-0.3, -0.25) is 4.79 Å². The van der Waals surface area contributed by atoms with Gasteiger partial charge < -0.3 is 10.1 Å². The average Bonchev–Trinajstić information content (AvgIpc) is 2.75. The third kappa shape index (κ3) is 5.61. The summed E-state index contributed by atoms with van der Waals surface area (Å²) in [5.41, 5.74) is -0.0394. The second-order valence-corrected chi connectivity index (χ2v) is 9.56. The Bertz CT molecular complexity index is 1080. The Morgan fingerprint density at radius 2 is 1.90 bits per heavy atom. The summed E-state index contributed by atoms with van der Waals surface area (Å²) in [6, 6.07) is 8.94. The normalized spacial score (nSPS) is 17.2. The number of amides is 1. The van der Waals surface area contributed by atoms with Crippen LogP contribution >= 0.6 is 11.6 Å². The summed E-state index contributed by atoms with van der Waals surface area (Å²) < 4.78 is 45.7. The summed E-state index contributed by atoms with van der Waals surface area (Å²) in [5, 5.41) is 2.51. The van der Waals surface area contributed by atoms with E-state index < -0.39 is 34.3 Å². The lowest BCUT2D eigenvalue weighted by atomic mass is 10.1. The molecule has 1 amide bonds. The van der Waals surface area contributed by atoms with Crippen molar-refractivity contribution in [1.29, 1.82) is 0 Å². The standard InChI is InChI=1S/C21H22ClFN2O5S/c1-14-4-2-3-11-25(14)31(28,29)17-8-5-15(6-9-17)21(27)30-13-20(26)24-19-12-16(22)7-10-18(19)23/h5-10,12,14H,2-4,11,13H2,1H3,(H,24,26). The highest BCUT2D eigenvalue weighted by molar-refractivity contribution is 7.89. The third-order valence-corrected chi connectivity index (χ3v) is 7.24. The van der Waals surface area contributed by atoms with Gasteiger partial charge in [-0.15, -0.1) is 0 Å². The van der Waals surface area contributed by atoms with E-state index in [-0.39, 0.29) is 27.2 Å². The number of carbonyl (C=O) groups is 2. The number of esters is 1. The Hall–Kier alpha value is -2.49. The maximum atomic E-state index is 13.7. The molecule has 31 heavy (non-hydrogen) atoms. The molecule has 0 bridgehead atoms. The fourth-order valence-corrected chi connectivity index (χ4v) is 5.19. The quantitative estimate of drug-likeness (QED) is 0.650. The Kier molecular flexibility index (Phi) is 7.30. The third-order valence-electron chi connectivity index (χ3n) is 4.98. The van der Waals surface area contributed by atoms with Gasteiger partial charge in [0, 0.05) is 17.6 Å². The molecule has 2 aromatic rings. The van der Waals surface area contributed by atoms with Gasteiger partial charge in [0.05, 0.1) is 16.1 Å². The van der Waals surface area contributed by atoms with Crippen LogP contribution in [0.25, 0.3) is 0 Å². The Morgan fingerprint density at radius 3 is 2.58 bits per heavy atom. The molecule has 1 atom stereocenters. The number of rotatable bonds is 6. The summed E-state index contributed by atoms with van der Waals surface area (Å²) >= 11 is 5.76. The summed E-state index contributed by atoms with van der Waals surface area (Å²) in [6.07, 6.45) is 2.62. The molecule has 0 spiro atoms. The van der Waals surface area contributed by atoms with E-state index in [4.69, 9.17) is 16.3 Å². The fourth-order valence-electron chi connectivity index (χ4n) is 3.32. The molecule has 0 radical (unpaired) electrons. The van der Waals surface area contributed by atoms with Crippen molar-refractivity contribution in [2.24, 2.45) is 0 Å². The summed E-state index contributed by atoms with van der Waals surface area (Å²) in [4.78, 5) is 24.2. The van der Waals surface area contributed by atoms with E-state index in [0.29, 0.717) is 6.54 Å². The Labute approximate surface area is 185 Å². The molecule has 7 nitrogen and oxygen atoms in total. The number of sulfonamides is 1. The van der Waals surface area contributed by atoms with Gasteiger partial charge >= 0.3 is 5.97 Å². The first-order chi connectivity index (χ1) is 14.7. The van der Waals surface area contributed by atoms with Gasteiger partial charge in [-0.25, -0.2) is 17.6 Å². The number of hydrogen-bond acceptors (Lipinski definition) is 5. The van der Waals surface area contributed by atoms with Crippen molar-refractivity contribution < 1.29 is 27.1 Å². The molecular weight excluding hydrogens is 447 g/mol. The number of piperidine rings is 1. The topological polar surface area (TPSA) is 92.8 Å². The van der Waals surface area contributed by atoms with Crippen LogP contribution in [-0.2, 0) is 19.6 Å². The molecule has 0 aromatic heterocycles. The van der Waals surface area contributed by atoms with Gasteiger partial charge in [0.2, 0.25) is 10.0 Å². The van der Waals surface area contributed by atoms with E-state index in [0.717, 1.165) is 25.3 Å². The minimum absolute atomic E-state index is 0.0776. The van der Waals surface area contributed by atoms with Crippen molar-refractivity contribution in [1.82, 2.24) is 4.31 Å². The smallest absolute Gasteiger partial charge is 0.338 e. The first-order valence-electron chi connectivity index (χ1n) is 9.72. The van der Waals surface area contributed by atoms with Crippen LogP contribution in [0, 0.1) is 5.82 Å². The highest BCUT2D eigenvalue weighted by Gasteiger charge is 2.31. The molecule has 2 aromatic carbocycles. The van der Waals surface area contributed by atoms with Crippen molar-refractivity contribution >= 4 is 39.2 Å². The molecule has 10 heteroatoms. The van der Waals surface area contributed by atoms with Crippen molar-refractivity contribution in [2.45, 2.75) is 37.1 Å². The lowest BCUT2D eigenvalue weighted by Crippen LogP contribution is -2.41.